The van der Waals surface area contributed by atoms with Gasteiger partial charge in [-0.25, -0.2) is 4.79 Å². The molecule has 4 atom stereocenters. The highest BCUT2D eigenvalue weighted by Crippen LogP contribution is 2.42. The van der Waals surface area contributed by atoms with E-state index in [1.807, 2.05) is 84.9 Å². The summed E-state index contributed by atoms with van der Waals surface area (Å²) in [6.45, 7) is -0.122. The van der Waals surface area contributed by atoms with Crippen LogP contribution in [0.1, 0.15) is 22.9 Å². The van der Waals surface area contributed by atoms with Gasteiger partial charge in [-0.2, -0.15) is 0 Å². The van der Waals surface area contributed by atoms with Gasteiger partial charge in [0.25, 0.3) is 5.56 Å². The van der Waals surface area contributed by atoms with E-state index in [0.717, 1.165) is 27.3 Å². The van der Waals surface area contributed by atoms with Crippen LogP contribution < -0.4 is 16.0 Å². The van der Waals surface area contributed by atoms with Crippen LogP contribution in [0.5, 0.6) is 5.75 Å². The smallest absolute Gasteiger partial charge is 0.330 e. The molecular formula is C29H28N2O7. The summed E-state index contributed by atoms with van der Waals surface area (Å²) in [5.74, 6) is 0.690. The molecule has 5 rings (SSSR count). The molecule has 0 saturated carbocycles. The molecule has 196 valence electrons. The first-order valence-corrected chi connectivity index (χ1v) is 12.2. The van der Waals surface area contributed by atoms with Crippen LogP contribution in [0.2, 0.25) is 0 Å². The monoisotopic (exact) mass is 516 g/mol. The minimum atomic E-state index is -1.42. The number of aliphatic hydroxyl groups excluding tert-OH is 2. The van der Waals surface area contributed by atoms with E-state index in [1.165, 1.54) is 6.20 Å². The number of hydrogen-bond acceptors (Lipinski definition) is 7. The molecule has 0 aliphatic carbocycles. The first kappa shape index (κ1) is 25.6. The van der Waals surface area contributed by atoms with Crippen molar-refractivity contribution in [3.8, 4) is 5.75 Å². The van der Waals surface area contributed by atoms with E-state index >= 15 is 0 Å². The third-order valence-corrected chi connectivity index (χ3v) is 6.78. The van der Waals surface area contributed by atoms with Crippen LogP contribution in [0, 0.1) is 0 Å². The molecule has 0 amide bonds. The van der Waals surface area contributed by atoms with Gasteiger partial charge in [0.05, 0.1) is 13.7 Å². The highest BCUT2D eigenvalue weighted by Gasteiger charge is 2.46. The van der Waals surface area contributed by atoms with Crippen molar-refractivity contribution in [2.75, 3.05) is 13.7 Å². The lowest BCUT2D eigenvalue weighted by Gasteiger charge is -2.37. The summed E-state index contributed by atoms with van der Waals surface area (Å²) in [4.78, 5) is 25.9. The number of methoxy groups -OCH3 is 1. The van der Waals surface area contributed by atoms with Gasteiger partial charge in [-0.1, -0.05) is 72.8 Å². The van der Waals surface area contributed by atoms with Crippen molar-refractivity contribution < 1.29 is 24.4 Å². The Bertz CT molecular complexity index is 1430. The lowest BCUT2D eigenvalue weighted by molar-refractivity contribution is -0.0958. The molecule has 0 bridgehead atoms. The molecule has 0 unspecified atom stereocenters. The molecule has 1 aliphatic heterocycles. The second-order valence-electron chi connectivity index (χ2n) is 9.02. The molecule has 3 aromatic carbocycles. The number of aliphatic hydroxyl groups is 2. The predicted octanol–water partition coefficient (Wildman–Crippen LogP) is 2.17. The number of aromatic amines is 1. The zero-order valence-corrected chi connectivity index (χ0v) is 20.6. The van der Waals surface area contributed by atoms with Gasteiger partial charge in [0, 0.05) is 12.3 Å². The number of rotatable bonds is 8. The van der Waals surface area contributed by atoms with Crippen LogP contribution in [0.25, 0.3) is 0 Å². The van der Waals surface area contributed by atoms with Gasteiger partial charge in [0.15, 0.2) is 6.23 Å². The van der Waals surface area contributed by atoms with Gasteiger partial charge in [-0.05, 0) is 28.8 Å². The topological polar surface area (TPSA) is 123 Å². The molecule has 4 aromatic rings. The van der Waals surface area contributed by atoms with Crippen molar-refractivity contribution in [3.63, 3.8) is 0 Å². The Morgan fingerprint density at radius 1 is 0.842 bits per heavy atom. The molecule has 2 heterocycles. The lowest BCUT2D eigenvalue weighted by Crippen LogP contribution is -2.40. The number of benzene rings is 3. The van der Waals surface area contributed by atoms with Gasteiger partial charge in [0.1, 0.15) is 29.7 Å². The number of nitrogens with one attached hydrogen (secondary N) is 1. The van der Waals surface area contributed by atoms with Crippen LogP contribution in [-0.4, -0.2) is 51.8 Å². The van der Waals surface area contributed by atoms with Crippen molar-refractivity contribution >= 4 is 0 Å². The maximum absolute atomic E-state index is 12.3. The summed E-state index contributed by atoms with van der Waals surface area (Å²) in [6.07, 6.45) is -3.72. The molecule has 9 nitrogen and oxygen atoms in total. The van der Waals surface area contributed by atoms with Crippen LogP contribution in [0.15, 0.2) is 107 Å². The molecule has 0 spiro atoms. The summed E-state index contributed by atoms with van der Waals surface area (Å²) < 4.78 is 19.0. The zero-order valence-electron chi connectivity index (χ0n) is 20.6. The molecule has 0 radical (unpaired) electrons. The van der Waals surface area contributed by atoms with E-state index in [4.69, 9.17) is 14.2 Å². The van der Waals surface area contributed by atoms with Gasteiger partial charge in [-0.3, -0.25) is 14.3 Å². The Labute approximate surface area is 218 Å². The third-order valence-electron chi connectivity index (χ3n) is 6.78. The van der Waals surface area contributed by atoms with Gasteiger partial charge in [-0.15, -0.1) is 0 Å². The summed E-state index contributed by atoms with van der Waals surface area (Å²) in [6, 6.07) is 28.0. The Morgan fingerprint density at radius 3 is 1.97 bits per heavy atom. The Kier molecular flexibility index (Phi) is 7.26. The molecule has 1 fully saturated rings. The van der Waals surface area contributed by atoms with Crippen LogP contribution >= 0.6 is 0 Å². The normalized spacial score (nSPS) is 21.3. The number of H-pyrrole nitrogens is 1. The minimum absolute atomic E-state index is 0.122. The Balaban J connectivity index is 1.54. The van der Waals surface area contributed by atoms with E-state index in [9.17, 15) is 19.8 Å². The molecule has 3 N–H and O–H groups in total. The standard InChI is InChI=1S/C29H28N2O7/c1-36-22-14-12-21(13-15-22)29(19-8-4-2-5-9-19,20-10-6-3-7-11-20)37-18-23-25(33)26(34)27(38-23)31-17-16-24(32)30-28(31)35/h2-17,23,25-27,33-34H,18H2,1H3,(H,30,32,35)/t23-,25-,26+,27+/m1/s1. The quantitative estimate of drug-likeness (QED) is 0.307. The van der Waals surface area contributed by atoms with Crippen molar-refractivity contribution in [1.29, 1.82) is 0 Å². The largest absolute Gasteiger partial charge is 0.497 e. The van der Waals surface area contributed by atoms with Crippen LogP contribution in [0.3, 0.4) is 0 Å². The Morgan fingerprint density at radius 2 is 1.42 bits per heavy atom. The fourth-order valence-corrected chi connectivity index (χ4v) is 4.85. The fourth-order valence-electron chi connectivity index (χ4n) is 4.85. The SMILES string of the molecule is COc1ccc(C(OC[C@H]2O[C@H](n3ccc(=O)[nH]c3=O)[C@@H](O)[C@@H]2O)(c2ccccc2)c2ccccc2)cc1. The highest BCUT2D eigenvalue weighted by atomic mass is 16.6. The third kappa shape index (κ3) is 4.68. The first-order chi connectivity index (χ1) is 18.4. The molecule has 1 saturated heterocycles. The molecule has 38 heavy (non-hydrogen) atoms. The van der Waals surface area contributed by atoms with E-state index < -0.39 is 41.4 Å². The summed E-state index contributed by atoms with van der Waals surface area (Å²) in [7, 11) is 1.60. The molecular weight excluding hydrogens is 488 g/mol. The second kappa shape index (κ2) is 10.8. The average Bonchev–Trinajstić information content (AvgIpc) is 3.23. The number of aromatic nitrogens is 2. The Hall–Kier alpha value is -4.02. The van der Waals surface area contributed by atoms with Crippen molar-refractivity contribution in [3.05, 3.63) is 135 Å². The molecule has 1 aliphatic rings. The maximum Gasteiger partial charge on any atom is 0.330 e. The van der Waals surface area contributed by atoms with Gasteiger partial charge >= 0.3 is 5.69 Å². The predicted molar refractivity (Wildman–Crippen MR) is 139 cm³/mol. The minimum Gasteiger partial charge on any atom is -0.497 e. The molecule has 9 heteroatoms. The van der Waals surface area contributed by atoms with E-state index in [-0.39, 0.29) is 6.61 Å². The highest BCUT2D eigenvalue weighted by molar-refractivity contribution is 5.48. The van der Waals surface area contributed by atoms with E-state index in [0.29, 0.717) is 5.75 Å². The van der Waals surface area contributed by atoms with E-state index in [1.54, 1.807) is 7.11 Å². The number of nitrogens with zero attached hydrogens (tertiary/aromatic N) is 1. The maximum atomic E-state index is 12.3. The summed E-state index contributed by atoms with van der Waals surface area (Å²) >= 11 is 0. The number of hydrogen-bond donors (Lipinski definition) is 3. The first-order valence-electron chi connectivity index (χ1n) is 12.2. The summed E-state index contributed by atoms with van der Waals surface area (Å²) in [5.41, 5.74) is 0.0776. The van der Waals surface area contributed by atoms with E-state index in [2.05, 4.69) is 4.98 Å². The van der Waals surface area contributed by atoms with Crippen molar-refractivity contribution in [1.82, 2.24) is 9.55 Å². The van der Waals surface area contributed by atoms with Crippen molar-refractivity contribution in [2.24, 2.45) is 0 Å². The number of ether oxygens (including phenoxy) is 3. The zero-order chi connectivity index (χ0) is 26.7. The molecule has 1 aromatic heterocycles. The summed E-state index contributed by atoms with van der Waals surface area (Å²) in [5, 5.41) is 21.6. The van der Waals surface area contributed by atoms with Crippen LogP contribution in [-0.2, 0) is 15.1 Å². The average molecular weight is 517 g/mol. The fraction of sp³-hybridized carbons (Fsp3) is 0.241. The lowest BCUT2D eigenvalue weighted by atomic mass is 9.80. The van der Waals surface area contributed by atoms with Crippen LogP contribution in [0.4, 0.5) is 0 Å². The van der Waals surface area contributed by atoms with Crippen molar-refractivity contribution in [2.45, 2.75) is 30.1 Å². The van der Waals surface area contributed by atoms with Gasteiger partial charge in [0.2, 0.25) is 0 Å². The van der Waals surface area contributed by atoms with Gasteiger partial charge < -0.3 is 24.4 Å². The second-order valence-corrected chi connectivity index (χ2v) is 9.02.